The molecule has 3 heteroatoms. The Hall–Kier alpha value is -0.410. The topological polar surface area (TPSA) is 24.9 Å². The molecule has 0 bridgehead atoms. The Kier molecular flexibility index (Phi) is 3.40. The first kappa shape index (κ1) is 7.69. The fourth-order valence-corrected chi connectivity index (χ4v) is 1.45. The van der Waals surface area contributed by atoms with Gasteiger partial charge in [0, 0.05) is 11.1 Å². The van der Waals surface area contributed by atoms with Crippen LogP contribution in [0.5, 0.6) is 0 Å². The second-order valence-electron chi connectivity index (χ2n) is 2.17. The van der Waals surface area contributed by atoms with Crippen molar-refractivity contribution in [3.05, 3.63) is 16.6 Å². The van der Waals surface area contributed by atoms with E-state index in [0.717, 1.165) is 13.0 Å². The number of nitrogens with one attached hydrogen (secondary N) is 1. The standard InChI is InChI=1S/C7H12N2S/c1-8-4-2-3-7-5-9-6-10-7/h5-6,8H,2-4H2,1H3. The average Bonchev–Trinajstić information content (AvgIpc) is 2.41. The molecule has 1 aromatic rings. The van der Waals surface area contributed by atoms with Crippen molar-refractivity contribution in [3.63, 3.8) is 0 Å². The number of nitrogens with zero attached hydrogens (tertiary/aromatic N) is 1. The second kappa shape index (κ2) is 4.41. The third-order valence-corrected chi connectivity index (χ3v) is 2.17. The summed E-state index contributed by atoms with van der Waals surface area (Å²) < 4.78 is 0. The van der Waals surface area contributed by atoms with Gasteiger partial charge in [0.15, 0.2) is 0 Å². The number of aryl methyl sites for hydroxylation is 1. The molecule has 0 radical (unpaired) electrons. The van der Waals surface area contributed by atoms with Crippen LogP contribution in [0.3, 0.4) is 0 Å². The van der Waals surface area contributed by atoms with Crippen molar-refractivity contribution < 1.29 is 0 Å². The van der Waals surface area contributed by atoms with E-state index in [1.54, 1.807) is 11.3 Å². The van der Waals surface area contributed by atoms with E-state index >= 15 is 0 Å². The highest BCUT2D eigenvalue weighted by molar-refractivity contribution is 7.09. The largest absolute Gasteiger partial charge is 0.320 e. The van der Waals surface area contributed by atoms with Crippen LogP contribution in [0.4, 0.5) is 0 Å². The molecule has 0 amide bonds. The molecule has 10 heavy (non-hydrogen) atoms. The fraction of sp³-hybridized carbons (Fsp3) is 0.571. The first-order chi connectivity index (χ1) is 4.93. The summed E-state index contributed by atoms with van der Waals surface area (Å²) in [6, 6.07) is 0. The molecule has 0 saturated heterocycles. The zero-order chi connectivity index (χ0) is 7.23. The van der Waals surface area contributed by atoms with Gasteiger partial charge in [0.2, 0.25) is 0 Å². The van der Waals surface area contributed by atoms with Gasteiger partial charge in [-0.15, -0.1) is 11.3 Å². The number of hydrogen-bond acceptors (Lipinski definition) is 3. The maximum atomic E-state index is 4.00. The van der Waals surface area contributed by atoms with Gasteiger partial charge in [-0.25, -0.2) is 0 Å². The molecule has 1 N–H and O–H groups in total. The third-order valence-electron chi connectivity index (χ3n) is 1.33. The number of hydrogen-bond donors (Lipinski definition) is 1. The molecule has 1 rings (SSSR count). The van der Waals surface area contributed by atoms with Crippen molar-refractivity contribution in [1.82, 2.24) is 10.3 Å². The average molecular weight is 156 g/mol. The monoisotopic (exact) mass is 156 g/mol. The summed E-state index contributed by atoms with van der Waals surface area (Å²) in [5.74, 6) is 0. The second-order valence-corrected chi connectivity index (χ2v) is 3.15. The summed E-state index contributed by atoms with van der Waals surface area (Å²) in [7, 11) is 1.98. The Morgan fingerprint density at radius 3 is 3.20 bits per heavy atom. The van der Waals surface area contributed by atoms with E-state index in [2.05, 4.69) is 10.3 Å². The van der Waals surface area contributed by atoms with Crippen LogP contribution < -0.4 is 5.32 Å². The van der Waals surface area contributed by atoms with E-state index in [1.165, 1.54) is 11.3 Å². The third kappa shape index (κ3) is 2.45. The summed E-state index contributed by atoms with van der Waals surface area (Å²) >= 11 is 1.73. The van der Waals surface area contributed by atoms with Gasteiger partial charge in [0.1, 0.15) is 0 Å². The van der Waals surface area contributed by atoms with E-state index in [1.807, 2.05) is 18.8 Å². The Bertz CT molecular complexity index is 160. The lowest BCUT2D eigenvalue weighted by atomic mass is 10.3. The summed E-state index contributed by atoms with van der Waals surface area (Å²) in [6.45, 7) is 1.10. The molecule has 0 aliphatic carbocycles. The fourth-order valence-electron chi connectivity index (χ4n) is 0.805. The molecule has 0 aliphatic rings. The Morgan fingerprint density at radius 2 is 2.60 bits per heavy atom. The molecule has 0 unspecified atom stereocenters. The molecule has 1 aromatic heterocycles. The quantitative estimate of drug-likeness (QED) is 0.665. The van der Waals surface area contributed by atoms with Crippen molar-refractivity contribution in [1.29, 1.82) is 0 Å². The van der Waals surface area contributed by atoms with Crippen molar-refractivity contribution in [2.75, 3.05) is 13.6 Å². The van der Waals surface area contributed by atoms with Crippen molar-refractivity contribution in [3.8, 4) is 0 Å². The van der Waals surface area contributed by atoms with Crippen LogP contribution in [0.1, 0.15) is 11.3 Å². The first-order valence-corrected chi connectivity index (χ1v) is 4.33. The normalized spacial score (nSPS) is 10.1. The molecule has 0 saturated carbocycles. The maximum Gasteiger partial charge on any atom is 0.0794 e. The first-order valence-electron chi connectivity index (χ1n) is 3.45. The van der Waals surface area contributed by atoms with Gasteiger partial charge in [-0.05, 0) is 26.4 Å². The van der Waals surface area contributed by atoms with E-state index in [0.29, 0.717) is 0 Å². The van der Waals surface area contributed by atoms with E-state index in [9.17, 15) is 0 Å². The number of rotatable bonds is 4. The van der Waals surface area contributed by atoms with Crippen LogP contribution >= 0.6 is 11.3 Å². The van der Waals surface area contributed by atoms with Gasteiger partial charge < -0.3 is 5.32 Å². The van der Waals surface area contributed by atoms with Crippen molar-refractivity contribution in [2.45, 2.75) is 12.8 Å². The smallest absolute Gasteiger partial charge is 0.0794 e. The summed E-state index contributed by atoms with van der Waals surface area (Å²) in [5.41, 5.74) is 1.88. The van der Waals surface area contributed by atoms with Crippen LogP contribution in [0, 0.1) is 0 Å². The van der Waals surface area contributed by atoms with E-state index in [4.69, 9.17) is 0 Å². The van der Waals surface area contributed by atoms with Gasteiger partial charge in [0.05, 0.1) is 5.51 Å². The van der Waals surface area contributed by atoms with Crippen LogP contribution in [-0.2, 0) is 6.42 Å². The van der Waals surface area contributed by atoms with Gasteiger partial charge >= 0.3 is 0 Å². The van der Waals surface area contributed by atoms with Crippen LogP contribution in [0.25, 0.3) is 0 Å². The lowest BCUT2D eigenvalue weighted by Crippen LogP contribution is -2.07. The predicted octanol–water partition coefficient (Wildman–Crippen LogP) is 1.30. The number of aromatic nitrogens is 1. The molecule has 0 aliphatic heterocycles. The highest BCUT2D eigenvalue weighted by atomic mass is 32.1. The molecule has 0 spiro atoms. The minimum atomic E-state index is 1.10. The Balaban J connectivity index is 2.15. The van der Waals surface area contributed by atoms with Gasteiger partial charge in [0.25, 0.3) is 0 Å². The summed E-state index contributed by atoms with van der Waals surface area (Å²) in [6.07, 6.45) is 4.31. The molecule has 0 fully saturated rings. The highest BCUT2D eigenvalue weighted by Crippen LogP contribution is 2.07. The zero-order valence-corrected chi connectivity index (χ0v) is 6.95. The minimum absolute atomic E-state index is 1.10. The van der Waals surface area contributed by atoms with Crippen molar-refractivity contribution >= 4 is 11.3 Å². The lowest BCUT2D eigenvalue weighted by molar-refractivity contribution is 0.729. The van der Waals surface area contributed by atoms with Crippen LogP contribution in [0.15, 0.2) is 11.7 Å². The van der Waals surface area contributed by atoms with Crippen LogP contribution in [-0.4, -0.2) is 18.6 Å². The molecule has 56 valence electrons. The summed E-state index contributed by atoms with van der Waals surface area (Å²) in [4.78, 5) is 5.38. The SMILES string of the molecule is CNCCCc1cncs1. The molecular weight excluding hydrogens is 144 g/mol. The molecular formula is C7H12N2S. The highest BCUT2D eigenvalue weighted by Gasteiger charge is 1.91. The van der Waals surface area contributed by atoms with Gasteiger partial charge in [-0.2, -0.15) is 0 Å². The van der Waals surface area contributed by atoms with Crippen molar-refractivity contribution in [2.24, 2.45) is 0 Å². The van der Waals surface area contributed by atoms with Gasteiger partial charge in [-0.3, -0.25) is 4.98 Å². The Morgan fingerprint density at radius 1 is 1.70 bits per heavy atom. The maximum absolute atomic E-state index is 4.00. The lowest BCUT2D eigenvalue weighted by Gasteiger charge is -1.94. The van der Waals surface area contributed by atoms with E-state index in [-0.39, 0.29) is 0 Å². The van der Waals surface area contributed by atoms with Gasteiger partial charge in [-0.1, -0.05) is 0 Å². The molecule has 2 nitrogen and oxygen atoms in total. The molecule has 0 atom stereocenters. The zero-order valence-electron chi connectivity index (χ0n) is 6.13. The molecule has 0 aromatic carbocycles. The molecule has 1 heterocycles. The predicted molar refractivity (Wildman–Crippen MR) is 44.4 cm³/mol. The van der Waals surface area contributed by atoms with Crippen LogP contribution in [0.2, 0.25) is 0 Å². The Labute approximate surface area is 65.3 Å². The summed E-state index contributed by atoms with van der Waals surface area (Å²) in [5, 5.41) is 3.11. The van der Waals surface area contributed by atoms with E-state index < -0.39 is 0 Å². The number of thiazole rings is 1. The minimum Gasteiger partial charge on any atom is -0.320 e.